The largest absolute Gasteiger partial charge is 0.481 e. The first-order chi connectivity index (χ1) is 36.0. The molecular weight excluding hydrogens is 997 g/mol. The van der Waals surface area contributed by atoms with E-state index in [-0.39, 0.29) is 37.4 Å². The van der Waals surface area contributed by atoms with Crippen LogP contribution in [0.2, 0.25) is 0 Å². The van der Waals surface area contributed by atoms with Crippen molar-refractivity contribution >= 4 is 59.3 Å². The number of amides is 9. The van der Waals surface area contributed by atoms with Crippen LogP contribution in [0.15, 0.2) is 103 Å². The minimum atomic E-state index is -1.91. The van der Waals surface area contributed by atoms with Gasteiger partial charge in [-0.1, -0.05) is 81.4 Å². The van der Waals surface area contributed by atoms with Gasteiger partial charge in [0, 0.05) is 61.3 Å². The number of nitrogens with two attached hydrogens (primary N) is 1. The SMILES string of the molecule is CC(C)(C)[C@H](c1cc(-c2cc(F)ccc2F)cn1Cc1ccccc1)N(CC[C@H](NC(=O)[C@H](CC(N)=O)NC(=O)[C@@H](CC(=O)O)NC(=O)OCc1ccccc1)C(=O)NCCNC(=O)CN1C(=O)C=CC1=O)C(=O)CO. The molecule has 2 heterocycles. The van der Waals surface area contributed by atoms with Crippen LogP contribution in [-0.2, 0) is 61.0 Å². The van der Waals surface area contributed by atoms with Crippen LogP contribution in [0.5, 0.6) is 0 Å². The van der Waals surface area contributed by atoms with Gasteiger partial charge in [0.05, 0.1) is 18.9 Å². The Labute approximate surface area is 435 Å². The minimum Gasteiger partial charge on any atom is -0.481 e. The van der Waals surface area contributed by atoms with E-state index in [1.54, 1.807) is 86.1 Å². The molecule has 5 rings (SSSR count). The summed E-state index contributed by atoms with van der Waals surface area (Å²) in [5.41, 5.74) is 6.44. The van der Waals surface area contributed by atoms with Crippen molar-refractivity contribution in [3.8, 4) is 11.1 Å². The lowest BCUT2D eigenvalue weighted by atomic mass is 9.82. The molecule has 1 aromatic heterocycles. The van der Waals surface area contributed by atoms with Gasteiger partial charge in [0.1, 0.15) is 49.5 Å². The van der Waals surface area contributed by atoms with Crippen LogP contribution in [0, 0.1) is 17.0 Å². The van der Waals surface area contributed by atoms with Crippen molar-refractivity contribution < 1.29 is 71.7 Å². The van der Waals surface area contributed by atoms with Gasteiger partial charge < -0.3 is 56.7 Å². The molecular formula is C52H59F2N9O13. The highest BCUT2D eigenvalue weighted by Crippen LogP contribution is 2.41. The number of rotatable bonds is 26. The summed E-state index contributed by atoms with van der Waals surface area (Å²) < 4.78 is 36.9. The fourth-order valence-corrected chi connectivity index (χ4v) is 8.18. The number of benzene rings is 3. The zero-order valence-corrected chi connectivity index (χ0v) is 41.8. The van der Waals surface area contributed by atoms with E-state index in [0.29, 0.717) is 16.2 Å². The van der Waals surface area contributed by atoms with E-state index in [1.165, 1.54) is 4.90 Å². The number of nitrogens with zero attached hydrogens (tertiary/aromatic N) is 3. The van der Waals surface area contributed by atoms with Crippen molar-refractivity contribution in [2.45, 2.75) is 77.4 Å². The number of aliphatic carboxylic acids is 1. The van der Waals surface area contributed by atoms with Crippen molar-refractivity contribution in [3.05, 3.63) is 132 Å². The third-order valence-corrected chi connectivity index (χ3v) is 11.7. The Bertz CT molecular complexity index is 2800. The molecule has 404 valence electrons. The van der Waals surface area contributed by atoms with E-state index in [2.05, 4.69) is 26.6 Å². The lowest BCUT2D eigenvalue weighted by Crippen LogP contribution is -2.58. The number of primary amides is 1. The zero-order chi connectivity index (χ0) is 55.7. The summed E-state index contributed by atoms with van der Waals surface area (Å²) in [6.07, 6.45) is -0.0293. The van der Waals surface area contributed by atoms with E-state index < -0.39 is 139 Å². The second kappa shape index (κ2) is 26.9. The maximum absolute atomic E-state index is 15.4. The Balaban J connectivity index is 1.45. The van der Waals surface area contributed by atoms with Crippen LogP contribution < -0.4 is 32.3 Å². The van der Waals surface area contributed by atoms with Crippen molar-refractivity contribution in [3.63, 3.8) is 0 Å². The summed E-state index contributed by atoms with van der Waals surface area (Å²) in [7, 11) is 0. The van der Waals surface area contributed by atoms with Crippen LogP contribution in [0.25, 0.3) is 11.1 Å². The maximum Gasteiger partial charge on any atom is 0.408 e. The van der Waals surface area contributed by atoms with E-state index in [4.69, 9.17) is 10.5 Å². The summed E-state index contributed by atoms with van der Waals surface area (Å²) in [6.45, 7) is 2.54. The summed E-state index contributed by atoms with van der Waals surface area (Å²) in [5.74, 6) is -10.6. The summed E-state index contributed by atoms with van der Waals surface area (Å²) in [4.78, 5) is 131. The number of hydrogen-bond acceptors (Lipinski definition) is 12. The van der Waals surface area contributed by atoms with Gasteiger partial charge in [-0.25, -0.2) is 13.6 Å². The van der Waals surface area contributed by atoms with E-state index in [9.17, 15) is 62.5 Å². The molecule has 4 aromatic rings. The summed E-state index contributed by atoms with van der Waals surface area (Å²) >= 11 is 0. The van der Waals surface area contributed by atoms with Gasteiger partial charge in [0.2, 0.25) is 35.4 Å². The number of ether oxygens (including phenoxy) is 1. The molecule has 1 aliphatic heterocycles. The molecule has 9 amide bonds. The lowest BCUT2D eigenvalue weighted by Gasteiger charge is -2.41. The molecule has 24 heteroatoms. The number of aliphatic hydroxyl groups is 1. The fraction of sp³-hybridized carbons (Fsp3) is 0.346. The number of aromatic nitrogens is 1. The Morgan fingerprint density at radius 1 is 0.750 bits per heavy atom. The first-order valence-electron chi connectivity index (χ1n) is 23.8. The molecule has 22 nitrogen and oxygen atoms in total. The van der Waals surface area contributed by atoms with Crippen molar-refractivity contribution in [1.29, 1.82) is 0 Å². The Kier molecular flexibility index (Phi) is 20.6. The number of alkyl carbamates (subject to hydrolysis) is 1. The number of imide groups is 1. The van der Waals surface area contributed by atoms with Gasteiger partial charge in [-0.3, -0.25) is 48.1 Å². The molecule has 0 saturated heterocycles. The maximum atomic E-state index is 15.4. The van der Waals surface area contributed by atoms with Crippen molar-refractivity contribution in [1.82, 2.24) is 41.0 Å². The Morgan fingerprint density at radius 3 is 1.93 bits per heavy atom. The first-order valence-corrected chi connectivity index (χ1v) is 23.8. The fourth-order valence-electron chi connectivity index (χ4n) is 8.18. The van der Waals surface area contributed by atoms with E-state index in [1.807, 2.05) is 12.1 Å². The molecule has 9 N–H and O–H groups in total. The number of hydrogen-bond donors (Lipinski definition) is 8. The second-order valence-electron chi connectivity index (χ2n) is 18.6. The second-order valence-corrected chi connectivity index (χ2v) is 18.6. The molecule has 4 atom stereocenters. The third kappa shape index (κ3) is 16.9. The molecule has 0 aliphatic carbocycles. The predicted molar refractivity (Wildman–Crippen MR) is 266 cm³/mol. The number of carboxylic acid groups (broad SMARTS) is 1. The van der Waals surface area contributed by atoms with E-state index >= 15 is 4.39 Å². The van der Waals surface area contributed by atoms with Crippen LogP contribution in [-0.4, -0.2) is 135 Å². The lowest BCUT2D eigenvalue weighted by molar-refractivity contribution is -0.141. The van der Waals surface area contributed by atoms with Gasteiger partial charge in [-0.05, 0) is 47.2 Å². The number of carboxylic acids is 1. The smallest absolute Gasteiger partial charge is 0.408 e. The van der Waals surface area contributed by atoms with Crippen LogP contribution in [0.4, 0.5) is 13.6 Å². The average molecular weight is 1060 g/mol. The highest BCUT2D eigenvalue weighted by molar-refractivity contribution is 6.14. The van der Waals surface area contributed by atoms with Crippen LogP contribution >= 0.6 is 0 Å². The molecule has 0 radical (unpaired) electrons. The summed E-state index contributed by atoms with van der Waals surface area (Å²) in [6, 6.07) is 15.5. The molecule has 0 unspecified atom stereocenters. The van der Waals surface area contributed by atoms with Gasteiger partial charge in [0.15, 0.2) is 0 Å². The zero-order valence-electron chi connectivity index (χ0n) is 41.8. The van der Waals surface area contributed by atoms with E-state index in [0.717, 1.165) is 35.9 Å². The molecule has 0 saturated carbocycles. The molecule has 0 fully saturated rings. The normalized spacial score (nSPS) is 13.7. The van der Waals surface area contributed by atoms with Gasteiger partial charge in [-0.15, -0.1) is 0 Å². The number of halogens is 2. The number of nitrogens with one attached hydrogen (secondary N) is 5. The average Bonchev–Trinajstić information content (AvgIpc) is 3.92. The Morgan fingerprint density at radius 2 is 1.34 bits per heavy atom. The van der Waals surface area contributed by atoms with Crippen molar-refractivity contribution in [2.24, 2.45) is 11.1 Å². The predicted octanol–water partition coefficient (Wildman–Crippen LogP) is 1.55. The number of carbonyl (C=O) groups excluding carboxylic acids is 9. The summed E-state index contributed by atoms with van der Waals surface area (Å²) in [5, 5.41) is 31.8. The molecule has 76 heavy (non-hydrogen) atoms. The Hall–Kier alpha value is -8.80. The van der Waals surface area contributed by atoms with Crippen LogP contribution in [0.3, 0.4) is 0 Å². The van der Waals surface area contributed by atoms with Gasteiger partial charge >= 0.3 is 12.1 Å². The highest BCUT2D eigenvalue weighted by atomic mass is 19.1. The third-order valence-electron chi connectivity index (χ3n) is 11.7. The van der Waals surface area contributed by atoms with Gasteiger partial charge in [0.25, 0.3) is 11.8 Å². The number of carbonyl (C=O) groups is 10. The van der Waals surface area contributed by atoms with Crippen LogP contribution in [0.1, 0.15) is 62.9 Å². The topological polar surface area (TPSA) is 318 Å². The highest BCUT2D eigenvalue weighted by Gasteiger charge is 2.39. The molecule has 0 spiro atoms. The molecule has 1 aliphatic rings. The van der Waals surface area contributed by atoms with Crippen molar-refractivity contribution in [2.75, 3.05) is 32.8 Å². The standard InChI is InChI=1S/C52H59F2N9O13/c1-52(2,3)47(40-22-33(35-23-34(53)14-15-36(35)54)27-61(40)26-31-10-6-4-7-11-31)62(45(69)29-64)21-18-37(48(72)57-20-19-56-42(66)28-63-43(67)16-17-44(63)68)58-49(73)38(24-41(55)65)59-50(74)39(25-46(70)71)60-51(75)76-30-32-12-8-5-9-13-32/h4-17,22-23,27,37-39,47,64H,18-21,24-26,28-30H2,1-3H3,(H2,55,65)(H,56,66)(H,57,72)(H,58,73)(H,59,74)(H,60,75)(H,70,71)/t37-,38-,39+,47-/m0/s1. The monoisotopic (exact) mass is 1060 g/mol. The quantitative estimate of drug-likeness (QED) is 0.0328. The van der Waals surface area contributed by atoms with Gasteiger partial charge in [-0.2, -0.15) is 0 Å². The first kappa shape index (κ1) is 58.1. The minimum absolute atomic E-state index is 0.0860. The molecule has 0 bridgehead atoms. The number of aliphatic hydroxyl groups excluding tert-OH is 1. The molecule has 3 aromatic carbocycles.